The van der Waals surface area contributed by atoms with E-state index in [2.05, 4.69) is 217 Å². The lowest BCUT2D eigenvalue weighted by Crippen LogP contribution is -2.09. The smallest absolute Gasteiger partial charge is 0.143 e. The first-order chi connectivity index (χ1) is 28.7. The number of furan rings is 1. The number of hydrogen-bond donors (Lipinski definition) is 0. The molecule has 0 atom stereocenters. The predicted molar refractivity (Wildman–Crippen MR) is 245 cm³/mol. The van der Waals surface area contributed by atoms with Gasteiger partial charge in [0.1, 0.15) is 11.2 Å². The van der Waals surface area contributed by atoms with Gasteiger partial charge in [0.25, 0.3) is 0 Å². The molecule has 0 amide bonds. The Morgan fingerprint density at radius 2 is 0.724 bits per heavy atom. The molecule has 0 N–H and O–H groups in total. The minimum atomic E-state index is 0.906. The van der Waals surface area contributed by atoms with Crippen LogP contribution in [0.25, 0.3) is 88.0 Å². The van der Waals surface area contributed by atoms with E-state index in [0.29, 0.717) is 0 Å². The second-order valence-electron chi connectivity index (χ2n) is 14.9. The Morgan fingerprint density at radius 3 is 1.43 bits per heavy atom. The van der Waals surface area contributed by atoms with E-state index in [-0.39, 0.29) is 0 Å². The van der Waals surface area contributed by atoms with Crippen LogP contribution in [0.5, 0.6) is 0 Å². The van der Waals surface area contributed by atoms with Crippen LogP contribution in [-0.2, 0) is 0 Å². The molecule has 0 fully saturated rings. The molecule has 0 aliphatic heterocycles. The first-order valence-corrected chi connectivity index (χ1v) is 19.8. The molecule has 11 aromatic rings. The minimum absolute atomic E-state index is 0.906. The minimum Gasteiger partial charge on any atom is -0.455 e. The van der Waals surface area contributed by atoms with Crippen molar-refractivity contribution in [2.45, 2.75) is 0 Å². The Bertz CT molecular complexity index is 3260. The van der Waals surface area contributed by atoms with Crippen molar-refractivity contribution in [1.29, 1.82) is 0 Å². The average Bonchev–Trinajstić information content (AvgIpc) is 3.69. The van der Waals surface area contributed by atoms with Gasteiger partial charge in [-0.05, 0) is 109 Å². The average molecular weight is 740 g/mol. The molecule has 2 heteroatoms. The molecule has 0 saturated heterocycles. The van der Waals surface area contributed by atoms with E-state index >= 15 is 0 Å². The molecule has 11 rings (SSSR count). The van der Waals surface area contributed by atoms with Crippen LogP contribution in [0, 0.1) is 0 Å². The lowest BCUT2D eigenvalue weighted by molar-refractivity contribution is 0.670. The maximum absolute atomic E-state index is 6.42. The van der Waals surface area contributed by atoms with Crippen LogP contribution in [0.15, 0.2) is 229 Å². The summed E-state index contributed by atoms with van der Waals surface area (Å²) in [6.07, 6.45) is 0. The van der Waals surface area contributed by atoms with Crippen molar-refractivity contribution >= 4 is 60.5 Å². The van der Waals surface area contributed by atoms with E-state index in [1.165, 1.54) is 54.9 Å². The van der Waals surface area contributed by atoms with E-state index in [0.717, 1.165) is 50.1 Å². The Hall–Kier alpha value is -7.68. The zero-order valence-corrected chi connectivity index (χ0v) is 31.7. The zero-order valence-electron chi connectivity index (χ0n) is 31.7. The van der Waals surface area contributed by atoms with Gasteiger partial charge in [-0.2, -0.15) is 0 Å². The first kappa shape index (κ1) is 33.6. The van der Waals surface area contributed by atoms with Crippen LogP contribution in [0.3, 0.4) is 0 Å². The molecule has 272 valence electrons. The summed E-state index contributed by atoms with van der Waals surface area (Å²) in [5.74, 6) is 0. The van der Waals surface area contributed by atoms with Crippen LogP contribution < -0.4 is 4.90 Å². The van der Waals surface area contributed by atoms with Gasteiger partial charge in [0.15, 0.2) is 0 Å². The van der Waals surface area contributed by atoms with Crippen molar-refractivity contribution in [3.8, 4) is 44.5 Å². The van der Waals surface area contributed by atoms with Gasteiger partial charge in [0, 0.05) is 33.4 Å². The van der Waals surface area contributed by atoms with Crippen LogP contribution in [-0.4, -0.2) is 0 Å². The number of fused-ring (bicyclic) bond motifs is 5. The van der Waals surface area contributed by atoms with Crippen molar-refractivity contribution in [3.63, 3.8) is 0 Å². The largest absolute Gasteiger partial charge is 0.455 e. The molecule has 1 aromatic heterocycles. The molecular weight excluding hydrogens is 703 g/mol. The van der Waals surface area contributed by atoms with E-state index in [1.54, 1.807) is 0 Å². The third kappa shape index (κ3) is 5.91. The van der Waals surface area contributed by atoms with Crippen LogP contribution in [0.2, 0.25) is 0 Å². The molecule has 2 nitrogen and oxygen atoms in total. The molecular formula is C56H37NO. The summed E-state index contributed by atoms with van der Waals surface area (Å²) in [6.45, 7) is 0. The van der Waals surface area contributed by atoms with Crippen LogP contribution in [0.4, 0.5) is 17.1 Å². The standard InChI is InChI=1S/C56H37NO/c1-2-13-43-37-44(24-23-38(43)11-1)51-17-6-5-16-49(51)40-25-31-45(32-26-40)57(46-33-27-41(28-34-46)50-19-9-14-39-12-3-4-15-48(39)50)47-35-29-42(30-36-47)52-20-10-21-54-53-18-7-8-22-55(53)58-56(52)54/h1-37H. The molecule has 1 heterocycles. The van der Waals surface area contributed by atoms with Crippen molar-refractivity contribution in [2.24, 2.45) is 0 Å². The van der Waals surface area contributed by atoms with E-state index in [9.17, 15) is 0 Å². The molecule has 0 saturated carbocycles. The number of benzene rings is 10. The highest BCUT2D eigenvalue weighted by atomic mass is 16.3. The summed E-state index contributed by atoms with van der Waals surface area (Å²) in [5, 5.41) is 7.26. The zero-order chi connectivity index (χ0) is 38.4. The number of nitrogens with zero attached hydrogens (tertiary/aromatic N) is 1. The van der Waals surface area contributed by atoms with Gasteiger partial charge in [-0.15, -0.1) is 0 Å². The van der Waals surface area contributed by atoms with Crippen LogP contribution in [0.1, 0.15) is 0 Å². The Balaban J connectivity index is 0.991. The highest BCUT2D eigenvalue weighted by Gasteiger charge is 2.17. The lowest BCUT2D eigenvalue weighted by Gasteiger charge is -2.26. The number of rotatable bonds is 7. The number of anilines is 3. The van der Waals surface area contributed by atoms with Gasteiger partial charge >= 0.3 is 0 Å². The third-order valence-corrected chi connectivity index (χ3v) is 11.5. The molecule has 0 radical (unpaired) electrons. The van der Waals surface area contributed by atoms with Gasteiger partial charge in [0.2, 0.25) is 0 Å². The van der Waals surface area contributed by atoms with Crippen molar-refractivity contribution in [1.82, 2.24) is 0 Å². The predicted octanol–water partition coefficient (Wildman–Crippen LogP) is 16.0. The summed E-state index contributed by atoms with van der Waals surface area (Å²) in [5.41, 5.74) is 14.5. The second kappa shape index (κ2) is 14.1. The van der Waals surface area contributed by atoms with E-state index < -0.39 is 0 Å². The third-order valence-electron chi connectivity index (χ3n) is 11.5. The van der Waals surface area contributed by atoms with Gasteiger partial charge in [0.05, 0.1) is 0 Å². The van der Waals surface area contributed by atoms with Crippen molar-refractivity contribution in [2.75, 3.05) is 4.90 Å². The molecule has 0 aliphatic carbocycles. The molecule has 0 unspecified atom stereocenters. The van der Waals surface area contributed by atoms with Crippen molar-refractivity contribution < 1.29 is 4.42 Å². The van der Waals surface area contributed by atoms with Gasteiger partial charge in [-0.1, -0.05) is 176 Å². The highest BCUT2D eigenvalue weighted by molar-refractivity contribution is 6.09. The molecule has 0 aliphatic rings. The summed E-state index contributed by atoms with van der Waals surface area (Å²) < 4.78 is 6.42. The van der Waals surface area contributed by atoms with E-state index in [4.69, 9.17) is 4.42 Å². The summed E-state index contributed by atoms with van der Waals surface area (Å²) >= 11 is 0. The normalized spacial score (nSPS) is 11.4. The maximum Gasteiger partial charge on any atom is 0.143 e. The van der Waals surface area contributed by atoms with E-state index in [1.807, 2.05) is 12.1 Å². The summed E-state index contributed by atoms with van der Waals surface area (Å²) in [7, 11) is 0. The van der Waals surface area contributed by atoms with Crippen molar-refractivity contribution in [3.05, 3.63) is 224 Å². The monoisotopic (exact) mass is 739 g/mol. The van der Waals surface area contributed by atoms with Gasteiger partial charge in [-0.25, -0.2) is 0 Å². The molecule has 0 spiro atoms. The Kier molecular flexibility index (Phi) is 8.19. The fourth-order valence-electron chi connectivity index (χ4n) is 8.61. The molecule has 10 aromatic carbocycles. The highest BCUT2D eigenvalue weighted by Crippen LogP contribution is 2.41. The fourth-order valence-corrected chi connectivity index (χ4v) is 8.61. The van der Waals surface area contributed by atoms with Gasteiger partial charge in [-0.3, -0.25) is 0 Å². The topological polar surface area (TPSA) is 16.4 Å². The number of para-hydroxylation sites is 2. The first-order valence-electron chi connectivity index (χ1n) is 19.8. The molecule has 58 heavy (non-hydrogen) atoms. The van der Waals surface area contributed by atoms with Gasteiger partial charge < -0.3 is 9.32 Å². The molecule has 0 bridgehead atoms. The van der Waals surface area contributed by atoms with Crippen LogP contribution >= 0.6 is 0 Å². The summed E-state index contributed by atoms with van der Waals surface area (Å²) in [6, 6.07) is 80.7. The Morgan fingerprint density at radius 1 is 0.276 bits per heavy atom. The maximum atomic E-state index is 6.42. The Labute approximate surface area is 337 Å². The number of hydrogen-bond acceptors (Lipinski definition) is 2. The lowest BCUT2D eigenvalue weighted by atomic mass is 9.93. The fraction of sp³-hybridized carbons (Fsp3) is 0. The summed E-state index contributed by atoms with van der Waals surface area (Å²) in [4.78, 5) is 2.34. The SMILES string of the molecule is c1ccc(-c2ccc3ccccc3c2)c(-c2ccc(N(c3ccc(-c4cccc5ccccc45)cc3)c3ccc(-c4cccc5c4oc4ccccc45)cc3)cc2)c1. The second-order valence-corrected chi connectivity index (χ2v) is 14.9. The quantitative estimate of drug-likeness (QED) is 0.162.